The van der Waals surface area contributed by atoms with Crippen molar-refractivity contribution in [2.45, 2.75) is 77.1 Å². The summed E-state index contributed by atoms with van der Waals surface area (Å²) < 4.78 is 6.11. The molecule has 0 amide bonds. The van der Waals surface area contributed by atoms with E-state index in [4.69, 9.17) is 4.74 Å². The molecule has 7 heteroatoms. The van der Waals surface area contributed by atoms with Gasteiger partial charge < -0.3 is 30.0 Å². The zero-order valence-corrected chi connectivity index (χ0v) is 19.2. The summed E-state index contributed by atoms with van der Waals surface area (Å²) in [5.74, 6) is -2.07. The second kappa shape index (κ2) is 7.86. The van der Waals surface area contributed by atoms with Crippen molar-refractivity contribution in [3.05, 3.63) is 0 Å². The SMILES string of the molecule is C[C@H]1CC[C@H]2C(C)(CO)C3(O)CC[C@]2(C)[C@H]1CC[C@](CO)(CC(=O)[O-])O3.[Na+]. The second-order valence-corrected chi connectivity index (χ2v) is 9.61. The summed E-state index contributed by atoms with van der Waals surface area (Å²) in [5, 5.41) is 43.3. The number of hydrogen-bond donors (Lipinski definition) is 3. The summed E-state index contributed by atoms with van der Waals surface area (Å²) in [5.41, 5.74) is -2.33. The molecule has 3 N–H and O–H groups in total. The summed E-state index contributed by atoms with van der Waals surface area (Å²) in [6, 6.07) is 0. The van der Waals surface area contributed by atoms with E-state index in [0.717, 1.165) is 25.7 Å². The van der Waals surface area contributed by atoms with E-state index in [-0.39, 0.29) is 47.5 Å². The molecule has 2 saturated carbocycles. The van der Waals surface area contributed by atoms with E-state index < -0.39 is 35.8 Å². The normalized spacial score (nSPS) is 49.5. The molecule has 2 aliphatic carbocycles. The van der Waals surface area contributed by atoms with Crippen LogP contribution in [-0.4, -0.2) is 45.9 Å². The van der Waals surface area contributed by atoms with Crippen molar-refractivity contribution in [3.63, 3.8) is 0 Å². The quantitative estimate of drug-likeness (QED) is 0.470. The molecule has 0 aromatic heterocycles. The second-order valence-electron chi connectivity index (χ2n) is 9.61. The van der Waals surface area contributed by atoms with Gasteiger partial charge in [0.15, 0.2) is 5.79 Å². The fourth-order valence-corrected chi connectivity index (χ4v) is 6.67. The molecule has 0 radical (unpaired) electrons. The van der Waals surface area contributed by atoms with Gasteiger partial charge in [-0.15, -0.1) is 0 Å². The fraction of sp³-hybridized carbons (Fsp3) is 0.950. The maximum atomic E-state index is 11.5. The van der Waals surface area contributed by atoms with Crippen LogP contribution in [0.2, 0.25) is 0 Å². The molecule has 2 saturated heterocycles. The molecule has 4 rings (SSSR count). The molecule has 7 atom stereocenters. The van der Waals surface area contributed by atoms with Crippen molar-refractivity contribution in [3.8, 4) is 0 Å². The molecule has 150 valence electrons. The Kier molecular flexibility index (Phi) is 6.87. The average Bonchev–Trinajstić information content (AvgIpc) is 2.62. The van der Waals surface area contributed by atoms with Crippen molar-refractivity contribution >= 4 is 5.97 Å². The third-order valence-electron chi connectivity index (χ3n) is 8.28. The third kappa shape index (κ3) is 3.54. The molecule has 4 aliphatic rings. The number of ether oxygens (including phenoxy) is 1. The third-order valence-corrected chi connectivity index (χ3v) is 8.28. The molecule has 0 aromatic rings. The maximum absolute atomic E-state index is 11.5. The van der Waals surface area contributed by atoms with Crippen LogP contribution in [0.3, 0.4) is 0 Å². The number of carboxylic acid groups (broad SMARTS) is 1. The van der Waals surface area contributed by atoms with Crippen molar-refractivity contribution in [2.24, 2.45) is 28.6 Å². The first-order valence-electron chi connectivity index (χ1n) is 9.90. The Morgan fingerprint density at radius 2 is 1.78 bits per heavy atom. The Morgan fingerprint density at radius 3 is 2.33 bits per heavy atom. The molecule has 0 spiro atoms. The van der Waals surface area contributed by atoms with Gasteiger partial charge in [0.05, 0.1) is 18.8 Å². The molecule has 6 nitrogen and oxygen atoms in total. The first-order chi connectivity index (χ1) is 12.1. The molecule has 4 bridgehead atoms. The standard InChI is InChI=1S/C20H34O6.Na/c1-13-4-5-15-17(2)8-9-20(25,18(15,3)11-21)26-19(12-22,10-16(23)24)7-6-14(13)17;/h13-15,21-22,25H,4-12H2,1-3H3,(H,23,24);/q;+1/p-1/t13-,14-,15+,17+,18?,19+,20?;/m0./s1. The molecular formula is C20H33NaO6. The molecule has 27 heavy (non-hydrogen) atoms. The van der Waals surface area contributed by atoms with Crippen molar-refractivity contribution in [2.75, 3.05) is 13.2 Å². The first kappa shape index (κ1) is 23.6. The van der Waals surface area contributed by atoms with Crippen LogP contribution in [0.4, 0.5) is 0 Å². The summed E-state index contributed by atoms with van der Waals surface area (Å²) in [4.78, 5) is 11.4. The largest absolute Gasteiger partial charge is 1.00 e. The van der Waals surface area contributed by atoms with Gasteiger partial charge in [0.25, 0.3) is 0 Å². The van der Waals surface area contributed by atoms with Crippen LogP contribution in [0.25, 0.3) is 0 Å². The van der Waals surface area contributed by atoms with Gasteiger partial charge in [0, 0.05) is 24.2 Å². The molecule has 2 heterocycles. The van der Waals surface area contributed by atoms with Crippen LogP contribution in [0, 0.1) is 28.6 Å². The van der Waals surface area contributed by atoms with E-state index in [1.165, 1.54) is 0 Å². The molecular weight excluding hydrogens is 359 g/mol. The number of aliphatic carboxylic acids is 1. The minimum Gasteiger partial charge on any atom is -0.550 e. The molecule has 4 fully saturated rings. The van der Waals surface area contributed by atoms with Crippen LogP contribution in [0.5, 0.6) is 0 Å². The van der Waals surface area contributed by atoms with Crippen LogP contribution in [-0.2, 0) is 9.53 Å². The van der Waals surface area contributed by atoms with E-state index in [1.807, 2.05) is 6.92 Å². The van der Waals surface area contributed by atoms with Gasteiger partial charge in [0.2, 0.25) is 0 Å². The number of hydrogen-bond acceptors (Lipinski definition) is 6. The predicted molar refractivity (Wildman–Crippen MR) is 92.6 cm³/mol. The smallest absolute Gasteiger partial charge is 0.550 e. The number of carboxylic acids is 1. The van der Waals surface area contributed by atoms with Gasteiger partial charge in [-0.25, -0.2) is 0 Å². The molecule has 0 aromatic carbocycles. The van der Waals surface area contributed by atoms with Gasteiger partial charge in [-0.3, -0.25) is 0 Å². The molecule has 2 aliphatic heterocycles. The van der Waals surface area contributed by atoms with Crippen LogP contribution in [0.1, 0.15) is 65.7 Å². The Bertz CT molecular complexity index is 573. The Balaban J connectivity index is 0.00000261. The molecule has 2 unspecified atom stereocenters. The fourth-order valence-electron chi connectivity index (χ4n) is 6.67. The van der Waals surface area contributed by atoms with Gasteiger partial charge >= 0.3 is 29.6 Å². The number of carbonyl (C=O) groups is 1. The first-order valence-corrected chi connectivity index (χ1v) is 9.90. The van der Waals surface area contributed by atoms with Crippen molar-refractivity contribution in [1.29, 1.82) is 0 Å². The number of rotatable bonds is 4. The van der Waals surface area contributed by atoms with Crippen LogP contribution >= 0.6 is 0 Å². The Morgan fingerprint density at radius 1 is 1.11 bits per heavy atom. The average molecular weight is 392 g/mol. The zero-order valence-electron chi connectivity index (χ0n) is 17.2. The van der Waals surface area contributed by atoms with E-state index in [9.17, 15) is 25.2 Å². The monoisotopic (exact) mass is 392 g/mol. The van der Waals surface area contributed by atoms with E-state index in [0.29, 0.717) is 24.7 Å². The van der Waals surface area contributed by atoms with Gasteiger partial charge in [0.1, 0.15) is 0 Å². The van der Waals surface area contributed by atoms with Gasteiger partial charge in [-0.1, -0.05) is 27.2 Å². The summed E-state index contributed by atoms with van der Waals surface area (Å²) in [6.45, 7) is 5.62. The minimum absolute atomic E-state index is 0. The van der Waals surface area contributed by atoms with Gasteiger partial charge in [-0.05, 0) is 48.9 Å². The number of carbonyl (C=O) groups excluding carboxylic acids is 1. The number of aliphatic hydroxyl groups is 3. The summed E-state index contributed by atoms with van der Waals surface area (Å²) in [7, 11) is 0. The van der Waals surface area contributed by atoms with E-state index >= 15 is 0 Å². The number of aliphatic hydroxyl groups excluding tert-OH is 2. The maximum Gasteiger partial charge on any atom is 1.00 e. The summed E-state index contributed by atoms with van der Waals surface area (Å²) >= 11 is 0. The van der Waals surface area contributed by atoms with E-state index in [1.54, 1.807) is 0 Å². The number of fused-ring (bicyclic) bond motifs is 4. The zero-order chi connectivity index (χ0) is 19.4. The summed E-state index contributed by atoms with van der Waals surface area (Å²) in [6.07, 6.45) is 3.65. The van der Waals surface area contributed by atoms with Crippen LogP contribution < -0.4 is 34.7 Å². The van der Waals surface area contributed by atoms with Crippen molar-refractivity contribution in [1.82, 2.24) is 0 Å². The topological polar surface area (TPSA) is 110 Å². The Labute approximate surface area is 184 Å². The minimum atomic E-state index is -1.67. The predicted octanol–water partition coefficient (Wildman–Crippen LogP) is -2.18. The van der Waals surface area contributed by atoms with Gasteiger partial charge in [-0.2, -0.15) is 0 Å². The van der Waals surface area contributed by atoms with E-state index in [2.05, 4.69) is 13.8 Å². The Hall–Kier alpha value is 0.310. The van der Waals surface area contributed by atoms with Crippen molar-refractivity contribution < 1.29 is 59.5 Å². The van der Waals surface area contributed by atoms with Crippen LogP contribution in [0.15, 0.2) is 0 Å².